The molecule has 0 aliphatic carbocycles. The number of anilines is 2. The molecule has 0 saturated heterocycles. The Balaban J connectivity index is 1.50. The van der Waals surface area contributed by atoms with Gasteiger partial charge in [-0.2, -0.15) is 0 Å². The molecule has 33 heavy (non-hydrogen) atoms. The summed E-state index contributed by atoms with van der Waals surface area (Å²) in [6, 6.07) is 23.8. The molecular weight excluding hydrogens is 452 g/mol. The zero-order valence-electron chi connectivity index (χ0n) is 19.2. The minimum absolute atomic E-state index is 0.129. The summed E-state index contributed by atoms with van der Waals surface area (Å²) in [5, 5.41) is 2.90. The van der Waals surface area contributed by atoms with E-state index in [1.165, 1.54) is 21.0 Å². The van der Waals surface area contributed by atoms with Gasteiger partial charge < -0.3 is 5.32 Å². The zero-order valence-corrected chi connectivity index (χ0v) is 20.9. The number of thioether (sulfide) groups is 1. The molecule has 1 amide bonds. The number of hydrogen-bond acceptors (Lipinski definition) is 4. The van der Waals surface area contributed by atoms with Gasteiger partial charge in [0.05, 0.1) is 11.9 Å². The van der Waals surface area contributed by atoms with Gasteiger partial charge in [-0.1, -0.05) is 36.4 Å². The lowest BCUT2D eigenvalue weighted by atomic mass is 10.1. The van der Waals surface area contributed by atoms with Crippen LogP contribution in [0.15, 0.2) is 77.7 Å². The average Bonchev–Trinajstić information content (AvgIpc) is 2.75. The molecule has 0 atom stereocenters. The highest BCUT2D eigenvalue weighted by molar-refractivity contribution is 7.98. The van der Waals surface area contributed by atoms with Crippen molar-refractivity contribution in [3.63, 3.8) is 0 Å². The van der Waals surface area contributed by atoms with Crippen LogP contribution in [0.5, 0.6) is 0 Å². The van der Waals surface area contributed by atoms with Gasteiger partial charge in [-0.25, -0.2) is 8.42 Å². The molecule has 0 spiro atoms. The van der Waals surface area contributed by atoms with Gasteiger partial charge in [0, 0.05) is 29.3 Å². The molecule has 0 bridgehead atoms. The molecule has 5 nitrogen and oxygen atoms in total. The number of nitrogens with zero attached hydrogens (tertiary/aromatic N) is 1. The first-order chi connectivity index (χ1) is 15.7. The predicted molar refractivity (Wildman–Crippen MR) is 138 cm³/mol. The summed E-state index contributed by atoms with van der Waals surface area (Å²) in [6.45, 7) is 4.14. The summed E-state index contributed by atoms with van der Waals surface area (Å²) in [4.78, 5) is 13.6. The Morgan fingerprint density at radius 2 is 1.58 bits per heavy atom. The molecule has 0 saturated carbocycles. The van der Waals surface area contributed by atoms with Gasteiger partial charge in [0.2, 0.25) is 15.9 Å². The van der Waals surface area contributed by atoms with E-state index >= 15 is 0 Å². The van der Waals surface area contributed by atoms with Crippen molar-refractivity contribution in [1.82, 2.24) is 0 Å². The van der Waals surface area contributed by atoms with E-state index in [2.05, 4.69) is 17.4 Å². The normalized spacial score (nSPS) is 11.2. The van der Waals surface area contributed by atoms with Crippen molar-refractivity contribution in [2.45, 2.75) is 37.3 Å². The van der Waals surface area contributed by atoms with Crippen LogP contribution >= 0.6 is 11.8 Å². The molecule has 0 aliphatic heterocycles. The Hall–Kier alpha value is -2.77. The summed E-state index contributed by atoms with van der Waals surface area (Å²) in [5.41, 5.74) is 4.56. The van der Waals surface area contributed by atoms with Crippen LogP contribution < -0.4 is 9.62 Å². The molecule has 0 aliphatic rings. The number of benzene rings is 3. The first-order valence-corrected chi connectivity index (χ1v) is 13.7. The molecule has 7 heteroatoms. The summed E-state index contributed by atoms with van der Waals surface area (Å²) in [5.74, 6) is 0.730. The van der Waals surface area contributed by atoms with Gasteiger partial charge in [0.1, 0.15) is 0 Å². The van der Waals surface area contributed by atoms with Gasteiger partial charge in [0.25, 0.3) is 0 Å². The van der Waals surface area contributed by atoms with Crippen LogP contribution in [0.2, 0.25) is 0 Å². The Morgan fingerprint density at radius 1 is 0.939 bits per heavy atom. The van der Waals surface area contributed by atoms with Gasteiger partial charge in [-0.05, 0) is 73.4 Å². The Labute approximate surface area is 201 Å². The van der Waals surface area contributed by atoms with E-state index in [0.717, 1.165) is 22.6 Å². The zero-order chi connectivity index (χ0) is 23.8. The lowest BCUT2D eigenvalue weighted by Gasteiger charge is -2.23. The maximum atomic E-state index is 12.4. The third-order valence-electron chi connectivity index (χ3n) is 5.05. The molecule has 1 N–H and O–H groups in total. The topological polar surface area (TPSA) is 66.5 Å². The van der Waals surface area contributed by atoms with Gasteiger partial charge in [-0.3, -0.25) is 9.10 Å². The van der Waals surface area contributed by atoms with Crippen molar-refractivity contribution in [3.8, 4) is 0 Å². The van der Waals surface area contributed by atoms with Crippen LogP contribution in [-0.2, 0) is 20.6 Å². The smallest absolute Gasteiger partial charge is 0.232 e. The second kappa shape index (κ2) is 11.4. The van der Waals surface area contributed by atoms with E-state index in [-0.39, 0.29) is 18.9 Å². The van der Waals surface area contributed by atoms with Crippen molar-refractivity contribution in [1.29, 1.82) is 0 Å². The maximum Gasteiger partial charge on any atom is 0.232 e. The highest BCUT2D eigenvalue weighted by atomic mass is 32.2. The molecule has 0 unspecified atom stereocenters. The number of aryl methyl sites for hydroxylation is 2. The SMILES string of the molecule is Cc1cc(C)cc(N(CCCC(=O)Nc2ccc(CSc3ccccc3)cc2)S(C)(=O)=O)c1. The van der Waals surface area contributed by atoms with E-state index in [4.69, 9.17) is 0 Å². The summed E-state index contributed by atoms with van der Waals surface area (Å²) < 4.78 is 26.0. The van der Waals surface area contributed by atoms with E-state index in [0.29, 0.717) is 12.1 Å². The van der Waals surface area contributed by atoms with Gasteiger partial charge in [-0.15, -0.1) is 11.8 Å². The van der Waals surface area contributed by atoms with E-state index in [1.807, 2.05) is 74.5 Å². The lowest BCUT2D eigenvalue weighted by molar-refractivity contribution is -0.116. The monoisotopic (exact) mass is 482 g/mol. The fourth-order valence-corrected chi connectivity index (χ4v) is 5.38. The highest BCUT2D eigenvalue weighted by Gasteiger charge is 2.18. The van der Waals surface area contributed by atoms with Crippen LogP contribution in [0.4, 0.5) is 11.4 Å². The maximum absolute atomic E-state index is 12.4. The molecule has 0 heterocycles. The minimum atomic E-state index is -3.44. The van der Waals surface area contributed by atoms with E-state index in [1.54, 1.807) is 11.8 Å². The summed E-state index contributed by atoms with van der Waals surface area (Å²) in [7, 11) is -3.44. The van der Waals surface area contributed by atoms with Crippen molar-refractivity contribution < 1.29 is 13.2 Å². The first-order valence-electron chi connectivity index (χ1n) is 10.8. The van der Waals surface area contributed by atoms with Crippen LogP contribution in [0.1, 0.15) is 29.5 Å². The number of rotatable bonds is 10. The fourth-order valence-electron chi connectivity index (χ4n) is 3.56. The third kappa shape index (κ3) is 7.94. The van der Waals surface area contributed by atoms with Crippen LogP contribution in [-0.4, -0.2) is 27.1 Å². The number of nitrogens with one attached hydrogen (secondary N) is 1. The number of hydrogen-bond donors (Lipinski definition) is 1. The molecule has 0 aromatic heterocycles. The number of sulfonamides is 1. The van der Waals surface area contributed by atoms with Crippen LogP contribution in [0.3, 0.4) is 0 Å². The largest absolute Gasteiger partial charge is 0.326 e. The molecule has 0 fully saturated rings. The number of amides is 1. The van der Waals surface area contributed by atoms with Gasteiger partial charge in [0.15, 0.2) is 0 Å². The number of carbonyl (C=O) groups is 1. The van der Waals surface area contributed by atoms with Crippen molar-refractivity contribution in [2.75, 3.05) is 22.4 Å². The Morgan fingerprint density at radius 3 is 2.18 bits per heavy atom. The average molecular weight is 483 g/mol. The summed E-state index contributed by atoms with van der Waals surface area (Å²) in [6.07, 6.45) is 1.86. The third-order valence-corrected chi connectivity index (χ3v) is 7.32. The molecule has 0 radical (unpaired) electrons. The Bertz CT molecular complexity index is 1160. The second-order valence-electron chi connectivity index (χ2n) is 8.13. The number of carbonyl (C=O) groups excluding carboxylic acids is 1. The van der Waals surface area contributed by atoms with Gasteiger partial charge >= 0.3 is 0 Å². The van der Waals surface area contributed by atoms with E-state index < -0.39 is 10.0 Å². The lowest BCUT2D eigenvalue weighted by Crippen LogP contribution is -2.31. The predicted octanol–water partition coefficient (Wildman–Crippen LogP) is 5.78. The minimum Gasteiger partial charge on any atom is -0.326 e. The first kappa shape index (κ1) is 24.9. The second-order valence-corrected chi connectivity index (χ2v) is 11.1. The molecule has 3 aromatic rings. The van der Waals surface area contributed by atoms with E-state index in [9.17, 15) is 13.2 Å². The standard InChI is InChI=1S/C26H30N2O3S2/c1-20-16-21(2)18-24(17-20)28(33(3,30)31)15-7-10-26(29)27-23-13-11-22(12-14-23)19-32-25-8-5-4-6-9-25/h4-6,8-9,11-14,16-18H,7,10,15,19H2,1-3H3,(H,27,29). The quantitative estimate of drug-likeness (QED) is 0.372. The molecule has 3 aromatic carbocycles. The Kier molecular flexibility index (Phi) is 8.58. The van der Waals surface area contributed by atoms with Crippen LogP contribution in [0.25, 0.3) is 0 Å². The van der Waals surface area contributed by atoms with Crippen molar-refractivity contribution in [2.24, 2.45) is 0 Å². The molecule has 174 valence electrons. The molecular formula is C26H30N2O3S2. The summed E-state index contributed by atoms with van der Waals surface area (Å²) >= 11 is 1.77. The van der Waals surface area contributed by atoms with Crippen LogP contribution in [0, 0.1) is 13.8 Å². The van der Waals surface area contributed by atoms with Crippen molar-refractivity contribution in [3.05, 3.63) is 89.5 Å². The van der Waals surface area contributed by atoms with Crippen molar-refractivity contribution >= 4 is 39.1 Å². The highest BCUT2D eigenvalue weighted by Crippen LogP contribution is 2.24. The fraction of sp³-hybridized carbons (Fsp3) is 0.269. The molecule has 3 rings (SSSR count).